The highest BCUT2D eigenvalue weighted by molar-refractivity contribution is 5.72. The average Bonchev–Trinajstić information content (AvgIpc) is 1.61. The second kappa shape index (κ2) is 3.38. The molecule has 0 aliphatic carbocycles. The maximum absolute atomic E-state index is 6.48. The molecule has 0 heterocycles. The monoisotopic (exact) mass is 104 g/mol. The highest BCUT2D eigenvalue weighted by Gasteiger charge is 1.78. The second-order valence-electron chi connectivity index (χ2n) is 0.827. The molecule has 0 bridgehead atoms. The van der Waals surface area contributed by atoms with E-state index in [1.165, 1.54) is 0 Å². The van der Waals surface area contributed by atoms with Gasteiger partial charge in [-0.25, -0.2) is 5.48 Å². The van der Waals surface area contributed by atoms with Crippen molar-refractivity contribution in [2.75, 3.05) is 6.73 Å². The minimum absolute atomic E-state index is 0.0135. The highest BCUT2D eigenvalue weighted by atomic mass is 16.7. The van der Waals surface area contributed by atoms with Gasteiger partial charge in [0.15, 0.2) is 0 Å². The zero-order valence-corrected chi connectivity index (χ0v) is 3.77. The number of hydroxylamine groups is 1. The Morgan fingerprint density at radius 1 is 1.86 bits per heavy atom. The van der Waals surface area contributed by atoms with Crippen LogP contribution < -0.4 is 16.9 Å². The van der Waals surface area contributed by atoms with Gasteiger partial charge in [0.2, 0.25) is 5.96 Å². The standard InChI is InChI=1S/C2H8N4O/c3-1-7-6-2(4)5/h1,3H2,(H4,4,5,6). The van der Waals surface area contributed by atoms with E-state index in [0.717, 1.165) is 0 Å². The number of hydrogen-bond donors (Lipinski definition) is 4. The minimum atomic E-state index is -0.245. The van der Waals surface area contributed by atoms with Crippen LogP contribution in [0.4, 0.5) is 0 Å². The Labute approximate surface area is 41.1 Å². The van der Waals surface area contributed by atoms with Crippen molar-refractivity contribution in [2.24, 2.45) is 11.5 Å². The van der Waals surface area contributed by atoms with Gasteiger partial charge >= 0.3 is 0 Å². The van der Waals surface area contributed by atoms with Crippen LogP contribution in [0.1, 0.15) is 0 Å². The molecule has 0 spiro atoms. The van der Waals surface area contributed by atoms with E-state index in [1.807, 2.05) is 5.48 Å². The zero-order chi connectivity index (χ0) is 5.70. The molecule has 7 heavy (non-hydrogen) atoms. The smallest absolute Gasteiger partial charge is 0.210 e. The molecular weight excluding hydrogens is 96.0 g/mol. The van der Waals surface area contributed by atoms with E-state index in [9.17, 15) is 0 Å². The predicted molar refractivity (Wildman–Crippen MR) is 25.2 cm³/mol. The number of hydrogen-bond acceptors (Lipinski definition) is 3. The van der Waals surface area contributed by atoms with E-state index >= 15 is 0 Å². The second-order valence-corrected chi connectivity index (χ2v) is 0.827. The maximum atomic E-state index is 6.48. The lowest BCUT2D eigenvalue weighted by Gasteiger charge is -1.97. The van der Waals surface area contributed by atoms with Gasteiger partial charge in [-0.3, -0.25) is 10.2 Å². The van der Waals surface area contributed by atoms with Gasteiger partial charge in [0.1, 0.15) is 6.73 Å². The van der Waals surface area contributed by atoms with Crippen molar-refractivity contribution in [2.45, 2.75) is 0 Å². The molecule has 5 nitrogen and oxygen atoms in total. The fourth-order valence-electron chi connectivity index (χ4n) is 0.119. The largest absolute Gasteiger partial charge is 0.368 e. The molecule has 0 aliphatic heterocycles. The molecule has 0 unspecified atom stereocenters. The Hall–Kier alpha value is -0.810. The van der Waals surface area contributed by atoms with E-state index in [0.29, 0.717) is 0 Å². The topological polar surface area (TPSA) is 97.2 Å². The van der Waals surface area contributed by atoms with Crippen molar-refractivity contribution in [3.8, 4) is 0 Å². The van der Waals surface area contributed by atoms with Crippen molar-refractivity contribution in [3.05, 3.63) is 0 Å². The first-order valence-corrected chi connectivity index (χ1v) is 1.69. The number of guanidine groups is 1. The summed E-state index contributed by atoms with van der Waals surface area (Å²) in [5.74, 6) is -0.245. The van der Waals surface area contributed by atoms with Crippen LogP contribution in [0, 0.1) is 5.41 Å². The first-order valence-electron chi connectivity index (χ1n) is 1.69. The van der Waals surface area contributed by atoms with E-state index in [-0.39, 0.29) is 12.7 Å². The summed E-state index contributed by atoms with van der Waals surface area (Å²) in [6.07, 6.45) is 0. The number of nitrogens with two attached hydrogens (primary N) is 2. The van der Waals surface area contributed by atoms with Gasteiger partial charge in [-0.2, -0.15) is 0 Å². The quantitative estimate of drug-likeness (QED) is 0.145. The van der Waals surface area contributed by atoms with Crippen molar-refractivity contribution in [1.29, 1.82) is 5.41 Å². The first kappa shape index (κ1) is 6.19. The normalized spacial score (nSPS) is 8.14. The summed E-state index contributed by atoms with van der Waals surface area (Å²) in [6.45, 7) is 0.0135. The SMILES string of the molecule is N=C(N)NOCN. The molecule has 0 atom stereocenters. The van der Waals surface area contributed by atoms with E-state index in [4.69, 9.17) is 16.9 Å². The maximum Gasteiger partial charge on any atom is 0.210 e. The molecule has 0 aromatic rings. The number of nitrogens with one attached hydrogen (secondary N) is 2. The lowest BCUT2D eigenvalue weighted by atomic mass is 11.1. The van der Waals surface area contributed by atoms with Crippen LogP contribution in [0.2, 0.25) is 0 Å². The Morgan fingerprint density at radius 3 is 2.57 bits per heavy atom. The van der Waals surface area contributed by atoms with Crippen LogP contribution in [-0.2, 0) is 4.84 Å². The lowest BCUT2D eigenvalue weighted by Crippen LogP contribution is -2.32. The Morgan fingerprint density at radius 2 is 2.43 bits per heavy atom. The summed E-state index contributed by atoms with van der Waals surface area (Å²) < 4.78 is 0. The van der Waals surface area contributed by atoms with Crippen LogP contribution >= 0.6 is 0 Å². The van der Waals surface area contributed by atoms with Crippen molar-refractivity contribution in [1.82, 2.24) is 5.48 Å². The molecule has 42 valence electrons. The van der Waals surface area contributed by atoms with Crippen LogP contribution in [0.25, 0.3) is 0 Å². The van der Waals surface area contributed by atoms with Gasteiger partial charge in [-0.05, 0) is 0 Å². The molecule has 0 saturated heterocycles. The van der Waals surface area contributed by atoms with Gasteiger partial charge in [-0.15, -0.1) is 0 Å². The number of rotatable bonds is 2. The molecule has 0 fully saturated rings. The van der Waals surface area contributed by atoms with Gasteiger partial charge in [0, 0.05) is 0 Å². The predicted octanol–water partition coefficient (Wildman–Crippen LogP) is -1.68. The van der Waals surface area contributed by atoms with Gasteiger partial charge in [0.25, 0.3) is 0 Å². The van der Waals surface area contributed by atoms with Gasteiger partial charge in [-0.1, -0.05) is 0 Å². The average molecular weight is 104 g/mol. The fraction of sp³-hybridized carbons (Fsp3) is 0.500. The highest BCUT2D eigenvalue weighted by Crippen LogP contribution is 1.50. The Balaban J connectivity index is 2.82. The summed E-state index contributed by atoms with van der Waals surface area (Å²) in [6, 6.07) is 0. The summed E-state index contributed by atoms with van der Waals surface area (Å²) in [5.41, 5.74) is 11.6. The summed E-state index contributed by atoms with van der Waals surface area (Å²) in [4.78, 5) is 4.27. The van der Waals surface area contributed by atoms with Crippen LogP contribution in [-0.4, -0.2) is 12.7 Å². The van der Waals surface area contributed by atoms with Gasteiger partial charge < -0.3 is 11.5 Å². The van der Waals surface area contributed by atoms with Crippen molar-refractivity contribution >= 4 is 5.96 Å². The summed E-state index contributed by atoms with van der Waals surface area (Å²) in [7, 11) is 0. The Kier molecular flexibility index (Phi) is 2.99. The molecular formula is C2H8N4O. The third kappa shape index (κ3) is 5.19. The lowest BCUT2D eigenvalue weighted by molar-refractivity contribution is 0.0894. The van der Waals surface area contributed by atoms with E-state index in [2.05, 4.69) is 4.84 Å². The molecule has 5 heteroatoms. The summed E-state index contributed by atoms with van der Waals surface area (Å²) >= 11 is 0. The van der Waals surface area contributed by atoms with Crippen molar-refractivity contribution in [3.63, 3.8) is 0 Å². The molecule has 0 saturated carbocycles. The molecule has 0 rings (SSSR count). The first-order chi connectivity index (χ1) is 3.27. The fourth-order valence-corrected chi connectivity index (χ4v) is 0.119. The third-order valence-electron chi connectivity index (χ3n) is 0.265. The van der Waals surface area contributed by atoms with E-state index in [1.54, 1.807) is 0 Å². The molecule has 0 aliphatic rings. The molecule has 0 aromatic carbocycles. The molecule has 0 aromatic heterocycles. The molecule has 0 amide bonds. The Bertz CT molecular complexity index is 62.7. The van der Waals surface area contributed by atoms with Gasteiger partial charge in [0.05, 0.1) is 0 Å². The van der Waals surface area contributed by atoms with Crippen LogP contribution in [0.15, 0.2) is 0 Å². The zero-order valence-electron chi connectivity index (χ0n) is 3.77. The van der Waals surface area contributed by atoms with E-state index < -0.39 is 0 Å². The summed E-state index contributed by atoms with van der Waals surface area (Å²) in [5, 5.41) is 6.48. The van der Waals surface area contributed by atoms with Crippen molar-refractivity contribution < 1.29 is 4.84 Å². The van der Waals surface area contributed by atoms with Crippen LogP contribution in [0.3, 0.4) is 0 Å². The third-order valence-corrected chi connectivity index (χ3v) is 0.265. The molecule has 6 N–H and O–H groups in total. The minimum Gasteiger partial charge on any atom is -0.368 e. The molecule has 0 radical (unpaired) electrons. The van der Waals surface area contributed by atoms with Crippen LogP contribution in [0.5, 0.6) is 0 Å².